The average molecular weight is 748 g/mol. The summed E-state index contributed by atoms with van der Waals surface area (Å²) >= 11 is 0. The normalized spacial score (nSPS) is 40.4. The number of hydrogen-bond acceptors (Lipinski definition) is 14. The highest BCUT2D eigenvalue weighted by molar-refractivity contribution is 7.66. The molecule has 3 heterocycles. The van der Waals surface area contributed by atoms with Crippen molar-refractivity contribution in [1.82, 2.24) is 0 Å². The number of hydrogen-bond donors (Lipinski definition) is 1. The molecule has 16 unspecified atom stereocenters. The zero-order valence-corrected chi connectivity index (χ0v) is 32.0. The Kier molecular flexibility index (Phi) is 15.6. The number of rotatable bonds is 18. The van der Waals surface area contributed by atoms with Crippen LogP contribution in [0.25, 0.3) is 0 Å². The first-order valence-corrected chi connectivity index (χ1v) is 23.3. The molecule has 9 radical (unpaired) electrons. The third-order valence-corrected chi connectivity index (χ3v) is 13.9. The standard InChI is InChI=1S/C23H43B6O15P4/c1-12-18(35-4)15(39-21(12)24)9-36-46(6,32)42-19-13(2)22(28-25)40-16(19)10-37-47(7,33)43-20-14(3)23(29(26)27)41-17(20)11-38-48(8,34)44-45(5,30)31/h12-23H,9-11H2,1-8H3,(H,30,31). The van der Waals surface area contributed by atoms with Gasteiger partial charge in [-0.25, -0.2) is 4.31 Å². The topological polar surface area (TPSA) is 181 Å². The van der Waals surface area contributed by atoms with Crippen LogP contribution in [0.5, 0.6) is 0 Å². The van der Waals surface area contributed by atoms with Crippen molar-refractivity contribution >= 4 is 75.1 Å². The summed E-state index contributed by atoms with van der Waals surface area (Å²) in [5.41, 5.74) is 0. The van der Waals surface area contributed by atoms with Crippen LogP contribution in [-0.4, -0.2) is 158 Å². The van der Waals surface area contributed by atoms with E-state index in [1.807, 2.05) is 6.92 Å². The summed E-state index contributed by atoms with van der Waals surface area (Å²) in [6, 6.07) is -1.96. The summed E-state index contributed by atoms with van der Waals surface area (Å²) in [6.07, 6.45) is -4.68. The average Bonchev–Trinajstić information content (AvgIpc) is 3.53. The maximum absolute atomic E-state index is 13.7. The summed E-state index contributed by atoms with van der Waals surface area (Å²) in [4.78, 5) is 9.47. The fourth-order valence-corrected chi connectivity index (χ4v) is 11.3. The lowest BCUT2D eigenvalue weighted by molar-refractivity contribution is -0.0281. The van der Waals surface area contributed by atoms with Crippen LogP contribution in [0, 0.1) is 17.8 Å². The maximum atomic E-state index is 13.7. The minimum atomic E-state index is -4.14. The van der Waals surface area contributed by atoms with Gasteiger partial charge in [0.2, 0.25) is 0 Å². The molecule has 3 aliphatic rings. The van der Waals surface area contributed by atoms with Crippen LogP contribution >= 0.6 is 30.4 Å². The van der Waals surface area contributed by atoms with Gasteiger partial charge in [0.15, 0.2) is 0 Å². The van der Waals surface area contributed by atoms with E-state index in [2.05, 4.69) is 4.31 Å². The van der Waals surface area contributed by atoms with E-state index >= 15 is 0 Å². The first-order chi connectivity index (χ1) is 22.0. The minimum absolute atomic E-state index is 0.102. The smallest absolute Gasteiger partial charge is 0.334 e. The van der Waals surface area contributed by atoms with E-state index in [9.17, 15) is 23.2 Å². The molecule has 0 bridgehead atoms. The van der Waals surface area contributed by atoms with Crippen molar-refractivity contribution in [3.05, 3.63) is 0 Å². The predicted molar refractivity (Wildman–Crippen MR) is 184 cm³/mol. The number of ether oxygens (including phenoxy) is 4. The van der Waals surface area contributed by atoms with Crippen LogP contribution in [0.15, 0.2) is 0 Å². The Hall–Kier alpha value is 0.870. The van der Waals surface area contributed by atoms with Crippen LogP contribution < -0.4 is 0 Å². The van der Waals surface area contributed by atoms with Crippen molar-refractivity contribution < 1.29 is 69.0 Å². The Morgan fingerprint density at radius 2 is 1.19 bits per heavy atom. The van der Waals surface area contributed by atoms with Gasteiger partial charge in [-0.05, 0) is 0 Å². The van der Waals surface area contributed by atoms with E-state index in [0.29, 0.717) is 0 Å². The highest BCUT2D eigenvalue weighted by atomic mass is 31.3. The Bertz CT molecular complexity index is 1270. The van der Waals surface area contributed by atoms with E-state index in [4.69, 9.17) is 72.6 Å². The summed E-state index contributed by atoms with van der Waals surface area (Å²) in [7, 11) is 10.6. The van der Waals surface area contributed by atoms with E-state index < -0.39 is 104 Å². The zero-order chi connectivity index (χ0) is 36.4. The van der Waals surface area contributed by atoms with Gasteiger partial charge in [0.25, 0.3) is 0 Å². The lowest BCUT2D eigenvalue weighted by Crippen LogP contribution is -2.38. The van der Waals surface area contributed by atoms with Gasteiger partial charge in [-0.3, -0.25) is 18.3 Å². The molecule has 3 aliphatic heterocycles. The Balaban J connectivity index is 1.66. The molecule has 25 heteroatoms. The molecule has 15 nitrogen and oxygen atoms in total. The maximum Gasteiger partial charge on any atom is 0.334 e. The first kappa shape index (κ1) is 43.3. The van der Waals surface area contributed by atoms with Gasteiger partial charge in [0.1, 0.15) is 26.2 Å². The molecule has 0 aromatic carbocycles. The second-order valence-electron chi connectivity index (χ2n) is 12.7. The summed E-state index contributed by atoms with van der Waals surface area (Å²) in [6.45, 7) is 7.97. The summed E-state index contributed by atoms with van der Waals surface area (Å²) in [5, 5.41) is 0. The molecule has 0 amide bonds. The van der Waals surface area contributed by atoms with Crippen LogP contribution in [0.2, 0.25) is 0 Å². The number of methoxy groups -OCH3 is 1. The molecular weight excluding hydrogens is 705 g/mol. The molecule has 0 saturated carbocycles. The van der Waals surface area contributed by atoms with Crippen LogP contribution in [0.4, 0.5) is 0 Å². The molecule has 0 aliphatic carbocycles. The Morgan fingerprint density at radius 1 is 0.729 bits per heavy atom. The lowest BCUT2D eigenvalue weighted by atomic mass is 9.16. The van der Waals surface area contributed by atoms with Gasteiger partial charge in [-0.2, -0.15) is 0 Å². The van der Waals surface area contributed by atoms with Crippen molar-refractivity contribution in [3.63, 3.8) is 0 Å². The molecule has 3 rings (SSSR count). The summed E-state index contributed by atoms with van der Waals surface area (Å²) in [5.74, 6) is -1.05. The zero-order valence-electron chi connectivity index (χ0n) is 28.5. The van der Waals surface area contributed by atoms with Gasteiger partial charge in [-0.15, -0.1) is 0 Å². The second kappa shape index (κ2) is 17.3. The highest BCUT2D eigenvalue weighted by Crippen LogP contribution is 2.59. The molecule has 0 aromatic heterocycles. The molecule has 48 heavy (non-hydrogen) atoms. The molecule has 0 spiro atoms. The van der Waals surface area contributed by atoms with Crippen LogP contribution in [0.1, 0.15) is 20.8 Å². The van der Waals surface area contributed by atoms with Crippen molar-refractivity contribution in [2.45, 2.75) is 75.4 Å². The van der Waals surface area contributed by atoms with E-state index in [-0.39, 0.29) is 25.2 Å². The van der Waals surface area contributed by atoms with E-state index in [1.54, 1.807) is 13.8 Å². The fourth-order valence-electron chi connectivity index (χ4n) is 5.97. The van der Waals surface area contributed by atoms with Crippen molar-refractivity contribution in [2.24, 2.45) is 17.8 Å². The van der Waals surface area contributed by atoms with Gasteiger partial charge in [-0.1, -0.05) is 20.8 Å². The van der Waals surface area contributed by atoms with Crippen LogP contribution in [-0.2, 0) is 64.1 Å². The SMILES string of the molecule is [B][B]C1OC(COP(C)(=O)OC2C(COP(C)(=O)OP(C)(=O)O)OC(B([B])[B])C2C)C(OP(C)(=O)OCC2OC([B])C(C)C2OC)C1C. The second-order valence-corrected chi connectivity index (χ2v) is 20.8. The van der Waals surface area contributed by atoms with Crippen molar-refractivity contribution in [2.75, 3.05) is 53.6 Å². The fraction of sp³-hybridized carbons (Fsp3) is 1.00. The van der Waals surface area contributed by atoms with Gasteiger partial charge in [0.05, 0.1) is 51.8 Å². The molecule has 263 valence electrons. The van der Waals surface area contributed by atoms with Crippen molar-refractivity contribution in [1.29, 1.82) is 0 Å². The Labute approximate surface area is 290 Å². The Morgan fingerprint density at radius 3 is 1.65 bits per heavy atom. The van der Waals surface area contributed by atoms with Gasteiger partial charge in [0, 0.05) is 92.7 Å². The molecule has 0 aromatic rings. The highest BCUT2D eigenvalue weighted by Gasteiger charge is 2.49. The molecular formula is C23H43B6O15P4. The van der Waals surface area contributed by atoms with E-state index in [1.165, 1.54) is 27.6 Å². The third-order valence-electron chi connectivity index (χ3n) is 8.39. The molecule has 1 N–H and O–H groups in total. The van der Waals surface area contributed by atoms with Gasteiger partial charge >= 0.3 is 30.4 Å². The molecule has 3 fully saturated rings. The minimum Gasteiger partial charge on any atom is -0.379 e. The quantitative estimate of drug-likeness (QED) is 0.158. The first-order valence-electron chi connectivity index (χ1n) is 15.3. The summed E-state index contributed by atoms with van der Waals surface area (Å²) < 4.78 is 108. The van der Waals surface area contributed by atoms with E-state index in [0.717, 1.165) is 13.3 Å². The van der Waals surface area contributed by atoms with Gasteiger partial charge < -0.3 is 46.5 Å². The van der Waals surface area contributed by atoms with Crippen molar-refractivity contribution in [3.8, 4) is 0 Å². The molecule has 16 atom stereocenters. The van der Waals surface area contributed by atoms with Crippen LogP contribution in [0.3, 0.4) is 0 Å². The third kappa shape index (κ3) is 11.9. The molecule has 3 saturated heterocycles. The largest absolute Gasteiger partial charge is 0.379 e. The monoisotopic (exact) mass is 749 g/mol. The predicted octanol–water partition coefficient (Wildman–Crippen LogP) is 1.57. The lowest BCUT2D eigenvalue weighted by Gasteiger charge is -2.29.